The maximum Gasteiger partial charge on any atom is 0.328 e. The first-order valence-corrected chi connectivity index (χ1v) is 6.13. The number of furan rings is 1. The number of nitrogens with one attached hydrogen (secondary N) is 1. The maximum atomic E-state index is 11.7. The van der Waals surface area contributed by atoms with Crippen LogP contribution in [0.5, 0.6) is 0 Å². The summed E-state index contributed by atoms with van der Waals surface area (Å²) in [6.07, 6.45) is 4.93. The van der Waals surface area contributed by atoms with Crippen LogP contribution in [0.25, 0.3) is 6.08 Å². The lowest BCUT2D eigenvalue weighted by Crippen LogP contribution is -2.41. The van der Waals surface area contributed by atoms with Crippen LogP contribution >= 0.6 is 0 Å². The Bertz CT molecular complexity index is 434. The quantitative estimate of drug-likeness (QED) is 0.631. The lowest BCUT2D eigenvalue weighted by molar-refractivity contribution is -0.145. The molecule has 0 spiro atoms. The van der Waals surface area contributed by atoms with Crippen LogP contribution in [0.3, 0.4) is 0 Å². The van der Waals surface area contributed by atoms with E-state index in [4.69, 9.17) is 4.42 Å². The molecule has 0 radical (unpaired) electrons. The van der Waals surface area contributed by atoms with E-state index in [9.17, 15) is 9.59 Å². The third kappa shape index (κ3) is 5.42. The highest BCUT2D eigenvalue weighted by molar-refractivity contribution is 5.94. The van der Waals surface area contributed by atoms with E-state index in [1.807, 2.05) is 13.8 Å². The van der Waals surface area contributed by atoms with Gasteiger partial charge < -0.3 is 14.5 Å². The molecule has 0 aliphatic rings. The molecule has 1 atom stereocenters. The number of carbonyl (C=O) groups excluding carboxylic acids is 2. The highest BCUT2D eigenvalue weighted by Crippen LogP contribution is 2.07. The van der Waals surface area contributed by atoms with E-state index in [-0.39, 0.29) is 11.8 Å². The fourth-order valence-corrected chi connectivity index (χ4v) is 1.59. The number of esters is 1. The number of ether oxygens (including phenoxy) is 1. The van der Waals surface area contributed by atoms with E-state index in [2.05, 4.69) is 10.1 Å². The Kier molecular flexibility index (Phi) is 5.85. The standard InChI is InChI=1S/C14H19NO4/c1-10(2)9-12(14(17)18-3)15-13(16)7-6-11-5-4-8-19-11/h4-8,10,12H,9H2,1-3H3,(H,15,16)/b7-6+/t12-/m0/s1. The highest BCUT2D eigenvalue weighted by Gasteiger charge is 2.21. The van der Waals surface area contributed by atoms with Crippen molar-refractivity contribution in [2.75, 3.05) is 7.11 Å². The fourth-order valence-electron chi connectivity index (χ4n) is 1.59. The second-order valence-electron chi connectivity index (χ2n) is 4.56. The van der Waals surface area contributed by atoms with Crippen LogP contribution in [-0.2, 0) is 14.3 Å². The van der Waals surface area contributed by atoms with Gasteiger partial charge >= 0.3 is 5.97 Å². The molecule has 0 fully saturated rings. The monoisotopic (exact) mass is 265 g/mol. The summed E-state index contributed by atoms with van der Waals surface area (Å²) in [7, 11) is 1.31. The molecule has 5 heteroatoms. The highest BCUT2D eigenvalue weighted by atomic mass is 16.5. The molecule has 0 saturated carbocycles. The molecule has 104 valence electrons. The predicted molar refractivity (Wildman–Crippen MR) is 71.1 cm³/mol. The second-order valence-corrected chi connectivity index (χ2v) is 4.56. The SMILES string of the molecule is COC(=O)[C@H](CC(C)C)NC(=O)/C=C/c1ccco1. The molecular weight excluding hydrogens is 246 g/mol. The van der Waals surface area contributed by atoms with Gasteiger partial charge in [0.2, 0.25) is 5.91 Å². The number of hydrogen-bond acceptors (Lipinski definition) is 4. The zero-order chi connectivity index (χ0) is 14.3. The summed E-state index contributed by atoms with van der Waals surface area (Å²) >= 11 is 0. The summed E-state index contributed by atoms with van der Waals surface area (Å²) in [6.45, 7) is 3.95. The van der Waals surface area contributed by atoms with Crippen molar-refractivity contribution in [3.8, 4) is 0 Å². The molecule has 1 N–H and O–H groups in total. The van der Waals surface area contributed by atoms with Crippen molar-refractivity contribution in [1.82, 2.24) is 5.32 Å². The van der Waals surface area contributed by atoms with Crippen LogP contribution in [-0.4, -0.2) is 25.0 Å². The molecule has 5 nitrogen and oxygen atoms in total. The van der Waals surface area contributed by atoms with Crippen LogP contribution < -0.4 is 5.32 Å². The van der Waals surface area contributed by atoms with Crippen molar-refractivity contribution in [2.45, 2.75) is 26.3 Å². The minimum atomic E-state index is -0.626. The number of rotatable bonds is 6. The van der Waals surface area contributed by atoms with E-state index < -0.39 is 12.0 Å². The molecule has 0 aliphatic heterocycles. The van der Waals surface area contributed by atoms with Gasteiger partial charge in [-0.15, -0.1) is 0 Å². The van der Waals surface area contributed by atoms with Crippen molar-refractivity contribution < 1.29 is 18.7 Å². The summed E-state index contributed by atoms with van der Waals surface area (Å²) in [5.41, 5.74) is 0. The Labute approximate surface area is 112 Å². The van der Waals surface area contributed by atoms with Gasteiger partial charge in [0, 0.05) is 6.08 Å². The first kappa shape index (κ1) is 15.0. The third-order valence-corrected chi connectivity index (χ3v) is 2.45. The van der Waals surface area contributed by atoms with Crippen molar-refractivity contribution in [3.63, 3.8) is 0 Å². The number of carbonyl (C=O) groups is 2. The summed E-state index contributed by atoms with van der Waals surface area (Å²) in [6, 6.07) is 2.84. The minimum Gasteiger partial charge on any atom is -0.467 e. The van der Waals surface area contributed by atoms with Gasteiger partial charge in [0.25, 0.3) is 0 Å². The molecule has 19 heavy (non-hydrogen) atoms. The molecule has 0 unspecified atom stereocenters. The Morgan fingerprint density at radius 1 is 1.47 bits per heavy atom. The van der Waals surface area contributed by atoms with Crippen LogP contribution in [0, 0.1) is 5.92 Å². The van der Waals surface area contributed by atoms with Crippen LogP contribution in [0.1, 0.15) is 26.0 Å². The summed E-state index contributed by atoms with van der Waals surface area (Å²) < 4.78 is 9.73. The van der Waals surface area contributed by atoms with E-state index in [0.717, 1.165) is 0 Å². The number of hydrogen-bond donors (Lipinski definition) is 1. The molecule has 1 aromatic rings. The van der Waals surface area contributed by atoms with Gasteiger partial charge in [-0.05, 0) is 30.5 Å². The van der Waals surface area contributed by atoms with Gasteiger partial charge in [-0.25, -0.2) is 4.79 Å². The average Bonchev–Trinajstić information content (AvgIpc) is 2.87. The lowest BCUT2D eigenvalue weighted by atomic mass is 10.0. The van der Waals surface area contributed by atoms with E-state index in [1.54, 1.807) is 18.2 Å². The van der Waals surface area contributed by atoms with Gasteiger partial charge in [0.1, 0.15) is 11.8 Å². The summed E-state index contributed by atoms with van der Waals surface area (Å²) in [4.78, 5) is 23.2. The van der Waals surface area contributed by atoms with Crippen LogP contribution in [0.4, 0.5) is 0 Å². The third-order valence-electron chi connectivity index (χ3n) is 2.45. The molecule has 0 aliphatic carbocycles. The van der Waals surface area contributed by atoms with E-state index >= 15 is 0 Å². The largest absolute Gasteiger partial charge is 0.467 e. The molecule has 0 saturated heterocycles. The molecule has 1 amide bonds. The number of amides is 1. The van der Waals surface area contributed by atoms with Crippen molar-refractivity contribution >= 4 is 18.0 Å². The average molecular weight is 265 g/mol. The van der Waals surface area contributed by atoms with Gasteiger partial charge in [0.05, 0.1) is 13.4 Å². The summed E-state index contributed by atoms with van der Waals surface area (Å²) in [5.74, 6) is 0.0629. The predicted octanol–water partition coefficient (Wildman–Crippen LogP) is 2.00. The van der Waals surface area contributed by atoms with Crippen LogP contribution in [0.2, 0.25) is 0 Å². The molecule has 1 rings (SSSR count). The maximum absolute atomic E-state index is 11.7. The smallest absolute Gasteiger partial charge is 0.328 e. The van der Waals surface area contributed by atoms with Crippen molar-refractivity contribution in [1.29, 1.82) is 0 Å². The Morgan fingerprint density at radius 2 is 2.21 bits per heavy atom. The molecule has 1 aromatic heterocycles. The Hall–Kier alpha value is -2.04. The van der Waals surface area contributed by atoms with Crippen molar-refractivity contribution in [2.24, 2.45) is 5.92 Å². The van der Waals surface area contributed by atoms with Gasteiger partial charge in [-0.2, -0.15) is 0 Å². The second kappa shape index (κ2) is 7.41. The fraction of sp³-hybridized carbons (Fsp3) is 0.429. The molecule has 1 heterocycles. The van der Waals surface area contributed by atoms with E-state index in [0.29, 0.717) is 12.2 Å². The normalized spacial score (nSPS) is 12.6. The van der Waals surface area contributed by atoms with Gasteiger partial charge in [-0.3, -0.25) is 4.79 Å². The molecule has 0 aromatic carbocycles. The summed E-state index contributed by atoms with van der Waals surface area (Å²) in [5, 5.41) is 2.62. The Balaban J connectivity index is 2.58. The van der Waals surface area contributed by atoms with Gasteiger partial charge in [-0.1, -0.05) is 13.8 Å². The Morgan fingerprint density at radius 3 is 2.74 bits per heavy atom. The van der Waals surface area contributed by atoms with E-state index in [1.165, 1.54) is 19.4 Å². The molecule has 0 bridgehead atoms. The van der Waals surface area contributed by atoms with Gasteiger partial charge in [0.15, 0.2) is 0 Å². The zero-order valence-corrected chi connectivity index (χ0v) is 11.4. The number of methoxy groups -OCH3 is 1. The first-order valence-electron chi connectivity index (χ1n) is 6.13. The topological polar surface area (TPSA) is 68.5 Å². The first-order chi connectivity index (χ1) is 9.02. The zero-order valence-electron chi connectivity index (χ0n) is 11.4. The molecular formula is C14H19NO4. The lowest BCUT2D eigenvalue weighted by Gasteiger charge is -2.17. The van der Waals surface area contributed by atoms with Crippen molar-refractivity contribution in [3.05, 3.63) is 30.2 Å². The van der Waals surface area contributed by atoms with Crippen LogP contribution in [0.15, 0.2) is 28.9 Å². The minimum absolute atomic E-state index is 0.276.